The molecule has 0 spiro atoms. The number of nitrogens with zero attached hydrogens (tertiary/aromatic N) is 2. The maximum Gasteiger partial charge on any atom is 0.258 e. The molecule has 0 saturated carbocycles. The quantitative estimate of drug-likeness (QED) is 0.668. The van der Waals surface area contributed by atoms with Gasteiger partial charge in [-0.05, 0) is 41.8 Å². The Bertz CT molecular complexity index is 1150. The van der Waals surface area contributed by atoms with Gasteiger partial charge in [0.15, 0.2) is 0 Å². The number of amides is 2. The van der Waals surface area contributed by atoms with Gasteiger partial charge in [-0.25, -0.2) is 0 Å². The number of carbonyl (C=O) groups excluding carboxylic acids is 2. The van der Waals surface area contributed by atoms with Crippen molar-refractivity contribution in [3.8, 4) is 16.9 Å². The Morgan fingerprint density at radius 2 is 2.14 bits per heavy atom. The van der Waals surface area contributed by atoms with E-state index in [-0.39, 0.29) is 18.0 Å². The second-order valence-corrected chi connectivity index (χ2v) is 6.87. The van der Waals surface area contributed by atoms with E-state index in [1.165, 1.54) is 7.11 Å². The molecule has 0 aliphatic carbocycles. The Morgan fingerprint density at radius 1 is 1.36 bits per heavy atom. The van der Waals surface area contributed by atoms with E-state index in [1.807, 2.05) is 25.1 Å². The van der Waals surface area contributed by atoms with Gasteiger partial charge in [0.05, 0.1) is 30.4 Å². The fourth-order valence-corrected chi connectivity index (χ4v) is 3.64. The molecule has 0 bridgehead atoms. The van der Waals surface area contributed by atoms with Crippen LogP contribution in [0, 0.1) is 6.92 Å². The zero-order valence-corrected chi connectivity index (χ0v) is 15.7. The molecule has 142 valence electrons. The SMILES string of the molecule is C=C(CN1Cc2c(-c3ccc4[nH]nc(C)c4c3)ccc(OC)c2C1=O)C(N)=O. The van der Waals surface area contributed by atoms with Gasteiger partial charge in [-0.3, -0.25) is 14.7 Å². The highest BCUT2D eigenvalue weighted by molar-refractivity contribution is 6.04. The summed E-state index contributed by atoms with van der Waals surface area (Å²) >= 11 is 0. The van der Waals surface area contributed by atoms with E-state index >= 15 is 0 Å². The molecule has 1 aliphatic heterocycles. The third-order valence-electron chi connectivity index (χ3n) is 5.14. The lowest BCUT2D eigenvalue weighted by Crippen LogP contribution is -2.30. The Labute approximate surface area is 161 Å². The second-order valence-electron chi connectivity index (χ2n) is 6.87. The number of methoxy groups -OCH3 is 1. The van der Waals surface area contributed by atoms with Crippen molar-refractivity contribution in [1.82, 2.24) is 15.1 Å². The van der Waals surface area contributed by atoms with Crippen LogP contribution in [0.3, 0.4) is 0 Å². The summed E-state index contributed by atoms with van der Waals surface area (Å²) in [6.45, 7) is 6.06. The van der Waals surface area contributed by atoms with E-state index in [0.717, 1.165) is 33.3 Å². The number of primary amides is 1. The molecule has 28 heavy (non-hydrogen) atoms. The van der Waals surface area contributed by atoms with E-state index in [9.17, 15) is 9.59 Å². The molecular weight excluding hydrogens is 356 g/mol. The molecule has 0 atom stereocenters. The minimum atomic E-state index is -0.614. The summed E-state index contributed by atoms with van der Waals surface area (Å²) < 4.78 is 5.42. The van der Waals surface area contributed by atoms with Crippen LogP contribution in [0.2, 0.25) is 0 Å². The van der Waals surface area contributed by atoms with Crippen LogP contribution in [0.5, 0.6) is 5.75 Å². The van der Waals surface area contributed by atoms with Crippen molar-refractivity contribution >= 4 is 22.7 Å². The van der Waals surface area contributed by atoms with Crippen LogP contribution in [-0.4, -0.2) is 40.6 Å². The zero-order valence-electron chi connectivity index (χ0n) is 15.7. The number of hydrogen-bond acceptors (Lipinski definition) is 4. The molecule has 3 N–H and O–H groups in total. The zero-order chi connectivity index (χ0) is 20.0. The summed E-state index contributed by atoms with van der Waals surface area (Å²) in [5.41, 5.74) is 10.7. The van der Waals surface area contributed by atoms with Gasteiger partial charge in [-0.1, -0.05) is 18.7 Å². The number of rotatable bonds is 5. The Morgan fingerprint density at radius 3 is 2.86 bits per heavy atom. The van der Waals surface area contributed by atoms with Gasteiger partial charge in [0.25, 0.3) is 5.91 Å². The van der Waals surface area contributed by atoms with Crippen molar-refractivity contribution in [3.63, 3.8) is 0 Å². The van der Waals surface area contributed by atoms with Crippen molar-refractivity contribution in [1.29, 1.82) is 0 Å². The third-order valence-corrected chi connectivity index (χ3v) is 5.14. The number of H-pyrrole nitrogens is 1. The highest BCUT2D eigenvalue weighted by Crippen LogP contribution is 2.39. The number of nitrogens with one attached hydrogen (secondary N) is 1. The maximum atomic E-state index is 13.0. The van der Waals surface area contributed by atoms with Gasteiger partial charge in [0, 0.05) is 17.5 Å². The molecule has 2 aromatic carbocycles. The summed E-state index contributed by atoms with van der Waals surface area (Å²) in [5, 5.41) is 8.27. The van der Waals surface area contributed by atoms with Crippen LogP contribution in [0.4, 0.5) is 0 Å². The second kappa shape index (κ2) is 6.53. The summed E-state index contributed by atoms with van der Waals surface area (Å²) in [6.07, 6.45) is 0. The molecular formula is C21H20N4O3. The predicted molar refractivity (Wildman–Crippen MR) is 106 cm³/mol. The molecule has 2 amide bonds. The highest BCUT2D eigenvalue weighted by atomic mass is 16.5. The van der Waals surface area contributed by atoms with E-state index in [2.05, 4.69) is 22.8 Å². The summed E-state index contributed by atoms with van der Waals surface area (Å²) in [7, 11) is 1.54. The van der Waals surface area contributed by atoms with Gasteiger partial charge in [0.1, 0.15) is 5.75 Å². The standard InChI is InChI=1S/C21H20N4O3/c1-11(20(22)26)9-25-10-16-14(5-7-18(28-3)19(16)21(25)27)13-4-6-17-15(8-13)12(2)23-24-17/h4-8H,1,9-10H2,2-3H3,(H2,22,26)(H,23,24). The van der Waals surface area contributed by atoms with E-state index in [4.69, 9.17) is 10.5 Å². The van der Waals surface area contributed by atoms with E-state index in [0.29, 0.717) is 17.9 Å². The molecule has 0 radical (unpaired) electrons. The van der Waals surface area contributed by atoms with Gasteiger partial charge in [-0.15, -0.1) is 0 Å². The topological polar surface area (TPSA) is 101 Å². The number of fused-ring (bicyclic) bond motifs is 2. The number of aromatic nitrogens is 2. The summed E-state index contributed by atoms with van der Waals surface area (Å²) in [4.78, 5) is 25.9. The number of carbonyl (C=O) groups is 2. The molecule has 2 heterocycles. The average Bonchev–Trinajstić information content (AvgIpc) is 3.21. The smallest absolute Gasteiger partial charge is 0.258 e. The number of benzene rings is 2. The predicted octanol–water partition coefficient (Wildman–Crippen LogP) is 2.54. The lowest BCUT2D eigenvalue weighted by molar-refractivity contribution is -0.114. The lowest BCUT2D eigenvalue weighted by atomic mass is 9.95. The molecule has 7 nitrogen and oxygen atoms in total. The average molecular weight is 376 g/mol. The third kappa shape index (κ3) is 2.72. The van der Waals surface area contributed by atoms with E-state index < -0.39 is 5.91 Å². The maximum absolute atomic E-state index is 13.0. The molecule has 1 aromatic heterocycles. The molecule has 0 saturated heterocycles. The molecule has 3 aromatic rings. The van der Waals surface area contributed by atoms with Crippen LogP contribution < -0.4 is 10.5 Å². The van der Waals surface area contributed by atoms with Gasteiger partial charge >= 0.3 is 0 Å². The van der Waals surface area contributed by atoms with Crippen LogP contribution in [0.1, 0.15) is 21.6 Å². The van der Waals surface area contributed by atoms with Crippen molar-refractivity contribution in [2.24, 2.45) is 5.73 Å². The fraction of sp³-hybridized carbons (Fsp3) is 0.190. The largest absolute Gasteiger partial charge is 0.496 e. The molecule has 0 unspecified atom stereocenters. The van der Waals surface area contributed by atoms with Crippen LogP contribution in [-0.2, 0) is 11.3 Å². The Kier molecular flexibility index (Phi) is 4.15. The van der Waals surface area contributed by atoms with Crippen molar-refractivity contribution in [2.75, 3.05) is 13.7 Å². The number of hydrogen-bond donors (Lipinski definition) is 2. The molecule has 7 heteroatoms. The molecule has 0 fully saturated rings. The Balaban J connectivity index is 1.82. The van der Waals surface area contributed by atoms with Crippen molar-refractivity contribution < 1.29 is 14.3 Å². The van der Waals surface area contributed by atoms with Crippen molar-refractivity contribution in [2.45, 2.75) is 13.5 Å². The molecule has 1 aliphatic rings. The monoisotopic (exact) mass is 376 g/mol. The number of nitrogens with two attached hydrogens (primary N) is 1. The first-order chi connectivity index (χ1) is 13.4. The van der Waals surface area contributed by atoms with Gasteiger partial charge in [0.2, 0.25) is 5.91 Å². The number of aromatic amines is 1. The van der Waals surface area contributed by atoms with Crippen LogP contribution in [0.25, 0.3) is 22.0 Å². The molecule has 4 rings (SSSR count). The van der Waals surface area contributed by atoms with E-state index in [1.54, 1.807) is 11.0 Å². The van der Waals surface area contributed by atoms with Crippen LogP contribution >= 0.6 is 0 Å². The van der Waals surface area contributed by atoms with Crippen LogP contribution in [0.15, 0.2) is 42.5 Å². The summed E-state index contributed by atoms with van der Waals surface area (Å²) in [6, 6.07) is 9.78. The fourth-order valence-electron chi connectivity index (χ4n) is 3.64. The van der Waals surface area contributed by atoms with Gasteiger partial charge < -0.3 is 15.4 Å². The first kappa shape index (κ1) is 17.8. The first-order valence-corrected chi connectivity index (χ1v) is 8.82. The first-order valence-electron chi connectivity index (χ1n) is 8.82. The number of ether oxygens (including phenoxy) is 1. The normalized spacial score (nSPS) is 13.1. The number of aryl methyl sites for hydroxylation is 1. The minimum absolute atomic E-state index is 0.0886. The Hall–Kier alpha value is -3.61. The van der Waals surface area contributed by atoms with Gasteiger partial charge in [-0.2, -0.15) is 5.10 Å². The van der Waals surface area contributed by atoms with Crippen molar-refractivity contribution in [3.05, 3.63) is 59.3 Å². The minimum Gasteiger partial charge on any atom is -0.496 e. The summed E-state index contributed by atoms with van der Waals surface area (Å²) in [5.74, 6) is -0.301. The highest BCUT2D eigenvalue weighted by Gasteiger charge is 2.33. The lowest BCUT2D eigenvalue weighted by Gasteiger charge is -2.15.